The van der Waals surface area contributed by atoms with E-state index >= 15 is 0 Å². The molecule has 0 spiro atoms. The van der Waals surface area contributed by atoms with Crippen LogP contribution in [-0.4, -0.2) is 29.8 Å². The second kappa shape index (κ2) is 10.1. The molecule has 0 saturated carbocycles. The minimum Gasteiger partial charge on any atom is -0.460 e. The lowest BCUT2D eigenvalue weighted by Crippen LogP contribution is -2.43. The van der Waals surface area contributed by atoms with E-state index in [2.05, 4.69) is 5.32 Å². The van der Waals surface area contributed by atoms with Crippen molar-refractivity contribution < 1.29 is 27.8 Å². The van der Waals surface area contributed by atoms with E-state index in [9.17, 15) is 18.4 Å². The first-order chi connectivity index (χ1) is 14.8. The molecule has 0 fully saturated rings. The Hall–Kier alpha value is -2.96. The molecule has 0 heterocycles. The van der Waals surface area contributed by atoms with Crippen molar-refractivity contribution in [2.24, 2.45) is 0 Å². The van der Waals surface area contributed by atoms with E-state index in [0.717, 1.165) is 11.1 Å². The molecule has 2 aromatic rings. The number of hydrogen-bond acceptors (Lipinski definition) is 4. The summed E-state index contributed by atoms with van der Waals surface area (Å²) in [4.78, 5) is 24.7. The Bertz CT molecular complexity index is 933. The third kappa shape index (κ3) is 6.77. The largest absolute Gasteiger partial charge is 0.460 e. The van der Waals surface area contributed by atoms with Gasteiger partial charge in [0, 0.05) is 5.92 Å². The number of alkyl carbamates (subject to hydrolysis) is 1. The van der Waals surface area contributed by atoms with Gasteiger partial charge in [0.2, 0.25) is 0 Å². The van der Waals surface area contributed by atoms with E-state index in [1.807, 2.05) is 13.8 Å². The van der Waals surface area contributed by atoms with Gasteiger partial charge in [0.15, 0.2) is 0 Å². The topological polar surface area (TPSA) is 64.6 Å². The Kier molecular flexibility index (Phi) is 7.99. The van der Waals surface area contributed by atoms with Crippen LogP contribution < -0.4 is 5.32 Å². The number of ether oxygens (including phenoxy) is 2. The molecule has 0 bridgehead atoms. The average molecular weight is 448 g/mol. The molecule has 0 unspecified atom stereocenters. The summed E-state index contributed by atoms with van der Waals surface area (Å²) in [6.07, 6.45) is -1.51. The van der Waals surface area contributed by atoms with Crippen molar-refractivity contribution in [3.8, 4) is 0 Å². The van der Waals surface area contributed by atoms with Crippen molar-refractivity contribution in [3.63, 3.8) is 0 Å². The van der Waals surface area contributed by atoms with E-state index in [1.54, 1.807) is 39.8 Å². The lowest BCUT2D eigenvalue weighted by Gasteiger charge is -2.29. The maximum Gasteiger partial charge on any atom is 0.408 e. The van der Waals surface area contributed by atoms with Crippen LogP contribution in [0.3, 0.4) is 0 Å². The van der Waals surface area contributed by atoms with Crippen LogP contribution in [0.4, 0.5) is 13.6 Å². The number of carbonyl (C=O) groups excluding carboxylic acids is 2. The number of hydrogen-bond donors (Lipinski definition) is 1. The Balaban J connectivity index is 2.32. The van der Waals surface area contributed by atoms with Crippen LogP contribution in [0.1, 0.15) is 62.8 Å². The van der Waals surface area contributed by atoms with Gasteiger partial charge in [-0.05, 0) is 95.0 Å². The fourth-order valence-corrected chi connectivity index (χ4v) is 3.46. The average Bonchev–Trinajstić information content (AvgIpc) is 2.65. The molecule has 1 N–H and O–H groups in total. The SMILES string of the molecule is Cc1ccc(F)cc1C(c1cc(F)ccc1C)[C@H](C)OC(=O)[C@H](C)NC(=O)OC(C)(C)C. The van der Waals surface area contributed by atoms with Crippen molar-refractivity contribution in [2.45, 2.75) is 72.1 Å². The third-order valence-corrected chi connectivity index (χ3v) is 5.01. The number of aryl methyl sites for hydroxylation is 2. The maximum absolute atomic E-state index is 14.1. The summed E-state index contributed by atoms with van der Waals surface area (Å²) in [7, 11) is 0. The van der Waals surface area contributed by atoms with Crippen LogP contribution in [0.5, 0.6) is 0 Å². The molecule has 0 aliphatic rings. The predicted molar refractivity (Wildman–Crippen MR) is 119 cm³/mol. The van der Waals surface area contributed by atoms with Gasteiger partial charge in [-0.2, -0.15) is 0 Å². The molecule has 174 valence electrons. The summed E-state index contributed by atoms with van der Waals surface area (Å²) < 4.78 is 39.0. The molecular weight excluding hydrogens is 416 g/mol. The Labute approximate surface area is 188 Å². The molecule has 7 heteroatoms. The van der Waals surface area contributed by atoms with Crippen LogP contribution in [0, 0.1) is 25.5 Å². The number of benzene rings is 2. The predicted octanol–water partition coefficient (Wildman–Crippen LogP) is 5.56. The molecule has 0 aromatic heterocycles. The monoisotopic (exact) mass is 447 g/mol. The van der Waals surface area contributed by atoms with Crippen LogP contribution in [0.2, 0.25) is 0 Å². The van der Waals surface area contributed by atoms with Gasteiger partial charge in [0.1, 0.15) is 29.4 Å². The lowest BCUT2D eigenvalue weighted by molar-refractivity contribution is -0.150. The first-order valence-electron chi connectivity index (χ1n) is 10.5. The highest BCUT2D eigenvalue weighted by molar-refractivity contribution is 5.81. The number of esters is 1. The second-order valence-electron chi connectivity index (χ2n) is 8.99. The number of amides is 1. The zero-order chi connectivity index (χ0) is 24.2. The van der Waals surface area contributed by atoms with E-state index in [0.29, 0.717) is 11.1 Å². The fourth-order valence-electron chi connectivity index (χ4n) is 3.46. The molecule has 5 nitrogen and oxygen atoms in total. The van der Waals surface area contributed by atoms with Crippen molar-refractivity contribution >= 4 is 12.1 Å². The summed E-state index contributed by atoms with van der Waals surface area (Å²) in [6.45, 7) is 11.9. The highest BCUT2D eigenvalue weighted by Gasteiger charge is 2.30. The molecule has 32 heavy (non-hydrogen) atoms. The van der Waals surface area contributed by atoms with Crippen molar-refractivity contribution in [1.82, 2.24) is 5.32 Å². The molecule has 2 atom stereocenters. The van der Waals surface area contributed by atoms with Gasteiger partial charge in [-0.15, -0.1) is 0 Å². The van der Waals surface area contributed by atoms with Crippen molar-refractivity contribution in [1.29, 1.82) is 0 Å². The van der Waals surface area contributed by atoms with Gasteiger partial charge >= 0.3 is 12.1 Å². The minimum atomic E-state index is -0.977. The number of rotatable bonds is 6. The zero-order valence-corrected chi connectivity index (χ0v) is 19.6. The summed E-state index contributed by atoms with van der Waals surface area (Å²) in [5.41, 5.74) is 2.03. The van der Waals surface area contributed by atoms with Gasteiger partial charge in [0.25, 0.3) is 0 Å². The van der Waals surface area contributed by atoms with E-state index < -0.39 is 47.4 Å². The normalized spacial score (nSPS) is 13.4. The molecule has 0 aliphatic carbocycles. The van der Waals surface area contributed by atoms with Gasteiger partial charge in [-0.3, -0.25) is 0 Å². The number of halogens is 2. The molecule has 0 radical (unpaired) electrons. The van der Waals surface area contributed by atoms with Crippen LogP contribution in [0.25, 0.3) is 0 Å². The van der Waals surface area contributed by atoms with Gasteiger partial charge < -0.3 is 14.8 Å². The summed E-state index contributed by atoms with van der Waals surface area (Å²) in [5.74, 6) is -2.18. The van der Waals surface area contributed by atoms with Gasteiger partial charge in [-0.1, -0.05) is 12.1 Å². The standard InChI is InChI=1S/C25H31F2NO4/c1-14-8-10-18(26)12-20(14)22(21-13-19(27)11-9-15(21)2)17(4)31-23(29)16(3)28-24(30)32-25(5,6)7/h8-13,16-17,22H,1-7H3,(H,28,30)/t16-,17-/m0/s1. The summed E-state index contributed by atoms with van der Waals surface area (Å²) in [5, 5.41) is 2.45. The first-order valence-corrected chi connectivity index (χ1v) is 10.5. The maximum atomic E-state index is 14.1. The minimum absolute atomic E-state index is 0.442. The Morgan fingerprint density at radius 2 is 1.38 bits per heavy atom. The lowest BCUT2D eigenvalue weighted by atomic mass is 9.82. The molecule has 2 rings (SSSR count). The first kappa shape index (κ1) is 25.3. The van der Waals surface area contributed by atoms with Crippen LogP contribution >= 0.6 is 0 Å². The Morgan fingerprint density at radius 1 is 0.906 bits per heavy atom. The number of nitrogens with one attached hydrogen (secondary N) is 1. The van der Waals surface area contributed by atoms with Crippen LogP contribution in [0.15, 0.2) is 36.4 Å². The Morgan fingerprint density at radius 3 is 1.81 bits per heavy atom. The third-order valence-electron chi connectivity index (χ3n) is 5.01. The smallest absolute Gasteiger partial charge is 0.408 e. The molecule has 1 amide bonds. The highest BCUT2D eigenvalue weighted by Crippen LogP contribution is 2.35. The van der Waals surface area contributed by atoms with Gasteiger partial charge in [0.05, 0.1) is 0 Å². The summed E-state index contributed by atoms with van der Waals surface area (Å²) >= 11 is 0. The highest BCUT2D eigenvalue weighted by atomic mass is 19.1. The van der Waals surface area contributed by atoms with Crippen LogP contribution in [-0.2, 0) is 14.3 Å². The molecular formula is C25H31F2NO4. The molecule has 2 aromatic carbocycles. The quantitative estimate of drug-likeness (QED) is 0.589. The van der Waals surface area contributed by atoms with E-state index in [-0.39, 0.29) is 0 Å². The van der Waals surface area contributed by atoms with Gasteiger partial charge in [-0.25, -0.2) is 18.4 Å². The van der Waals surface area contributed by atoms with E-state index in [4.69, 9.17) is 9.47 Å². The summed E-state index contributed by atoms with van der Waals surface area (Å²) in [6, 6.07) is 7.72. The fraction of sp³-hybridized carbons (Fsp3) is 0.440. The molecule has 0 aliphatic heterocycles. The van der Waals surface area contributed by atoms with E-state index in [1.165, 1.54) is 31.2 Å². The molecule has 0 saturated heterocycles. The van der Waals surface area contributed by atoms with Crippen molar-refractivity contribution in [3.05, 3.63) is 70.3 Å². The second-order valence-corrected chi connectivity index (χ2v) is 8.99. The van der Waals surface area contributed by atoms with Crippen molar-refractivity contribution in [2.75, 3.05) is 0 Å². The number of carbonyl (C=O) groups is 2. The zero-order valence-electron chi connectivity index (χ0n) is 19.6.